The number of rotatable bonds is 12. The molecule has 0 saturated heterocycles. The minimum Gasteiger partial charge on any atom is -0.480 e. The summed E-state index contributed by atoms with van der Waals surface area (Å²) in [4.78, 5) is 43.0. The van der Waals surface area contributed by atoms with Gasteiger partial charge in [0.15, 0.2) is 0 Å². The van der Waals surface area contributed by atoms with Gasteiger partial charge in [-0.1, -0.05) is 13.8 Å². The Morgan fingerprint density at radius 3 is 2.37 bits per heavy atom. The summed E-state index contributed by atoms with van der Waals surface area (Å²) in [7, 11) is 0. The number of carbonyl (C=O) groups is 3. The molecule has 3 atom stereocenters. The summed E-state index contributed by atoms with van der Waals surface area (Å²) < 4.78 is 0. The second-order valence-corrected chi connectivity index (χ2v) is 6.80. The number of amides is 2. The highest BCUT2D eigenvalue weighted by Crippen LogP contribution is 2.06. The van der Waals surface area contributed by atoms with Crippen molar-refractivity contribution in [2.75, 3.05) is 6.54 Å². The minimum atomic E-state index is -1.18. The van der Waals surface area contributed by atoms with Crippen molar-refractivity contribution < 1.29 is 19.5 Å². The second-order valence-electron chi connectivity index (χ2n) is 6.80. The van der Waals surface area contributed by atoms with Gasteiger partial charge in [0.25, 0.3) is 0 Å². The van der Waals surface area contributed by atoms with Crippen molar-refractivity contribution in [1.82, 2.24) is 20.6 Å². The van der Waals surface area contributed by atoms with Crippen LogP contribution in [0.1, 0.15) is 38.8 Å². The molecule has 10 nitrogen and oxygen atoms in total. The fraction of sp³-hybridized carbons (Fsp3) is 0.647. The van der Waals surface area contributed by atoms with Crippen molar-refractivity contribution in [3.05, 3.63) is 18.2 Å². The summed E-state index contributed by atoms with van der Waals surface area (Å²) in [5, 5.41) is 14.5. The molecule has 0 spiro atoms. The molecule has 0 aliphatic carbocycles. The number of imidazole rings is 1. The summed E-state index contributed by atoms with van der Waals surface area (Å²) in [6.45, 7) is 4.07. The van der Waals surface area contributed by atoms with E-state index in [0.717, 1.165) is 0 Å². The van der Waals surface area contributed by atoms with E-state index in [1.54, 1.807) is 13.8 Å². The van der Waals surface area contributed by atoms with E-state index in [1.807, 2.05) is 0 Å². The third-order valence-corrected chi connectivity index (χ3v) is 4.19. The number of H-pyrrole nitrogens is 1. The maximum Gasteiger partial charge on any atom is 0.326 e. The van der Waals surface area contributed by atoms with Crippen LogP contribution in [-0.4, -0.2) is 57.5 Å². The molecule has 2 amide bonds. The first kappa shape index (κ1) is 22.6. The molecule has 0 aliphatic heterocycles. The average Bonchev–Trinajstić information content (AvgIpc) is 3.12. The number of nitrogens with one attached hydrogen (secondary N) is 3. The van der Waals surface area contributed by atoms with Gasteiger partial charge in [-0.2, -0.15) is 0 Å². The minimum absolute atomic E-state index is 0.0516. The summed E-state index contributed by atoms with van der Waals surface area (Å²) in [5.74, 6) is -2.28. The van der Waals surface area contributed by atoms with E-state index in [0.29, 0.717) is 31.5 Å². The Morgan fingerprint density at radius 1 is 1.19 bits per heavy atom. The molecular formula is C17H30N6O4. The van der Waals surface area contributed by atoms with Crippen LogP contribution in [0.3, 0.4) is 0 Å². The van der Waals surface area contributed by atoms with E-state index in [2.05, 4.69) is 20.6 Å². The normalized spacial score (nSPS) is 14.4. The van der Waals surface area contributed by atoms with Crippen molar-refractivity contribution in [3.8, 4) is 0 Å². The van der Waals surface area contributed by atoms with E-state index in [4.69, 9.17) is 11.5 Å². The van der Waals surface area contributed by atoms with Crippen molar-refractivity contribution in [2.24, 2.45) is 17.4 Å². The molecule has 1 heterocycles. The van der Waals surface area contributed by atoms with E-state index in [1.165, 1.54) is 12.5 Å². The van der Waals surface area contributed by atoms with Gasteiger partial charge in [0.1, 0.15) is 12.1 Å². The van der Waals surface area contributed by atoms with Gasteiger partial charge < -0.3 is 32.2 Å². The fourth-order valence-electron chi connectivity index (χ4n) is 2.42. The fourth-order valence-corrected chi connectivity index (χ4v) is 2.42. The van der Waals surface area contributed by atoms with Gasteiger partial charge in [-0.05, 0) is 31.7 Å². The number of aromatic amines is 1. The zero-order valence-corrected chi connectivity index (χ0v) is 15.8. The molecule has 0 saturated carbocycles. The van der Waals surface area contributed by atoms with Crippen molar-refractivity contribution in [2.45, 2.75) is 57.7 Å². The molecule has 0 aliphatic rings. The Labute approximate surface area is 158 Å². The van der Waals surface area contributed by atoms with Crippen LogP contribution < -0.4 is 22.1 Å². The highest BCUT2D eigenvalue weighted by molar-refractivity contribution is 5.91. The van der Waals surface area contributed by atoms with Crippen LogP contribution in [0.2, 0.25) is 0 Å². The molecule has 0 bridgehead atoms. The summed E-state index contributed by atoms with van der Waals surface area (Å²) in [6, 6.07) is -2.78. The maximum atomic E-state index is 12.6. The first-order chi connectivity index (χ1) is 12.8. The Balaban J connectivity index is 2.79. The van der Waals surface area contributed by atoms with Crippen LogP contribution in [0.15, 0.2) is 12.5 Å². The van der Waals surface area contributed by atoms with Crippen LogP contribution in [-0.2, 0) is 20.8 Å². The SMILES string of the molecule is CC(C)C(N)C(=O)NC(CCCCN)C(=O)NC(Cc1cnc[nH]1)C(=O)O. The molecular weight excluding hydrogens is 352 g/mol. The van der Waals surface area contributed by atoms with E-state index in [9.17, 15) is 19.5 Å². The van der Waals surface area contributed by atoms with Gasteiger partial charge in [0.2, 0.25) is 11.8 Å². The van der Waals surface area contributed by atoms with Crippen LogP contribution in [0.5, 0.6) is 0 Å². The molecule has 0 aromatic carbocycles. The quantitative estimate of drug-likeness (QED) is 0.254. The molecule has 152 valence electrons. The van der Waals surface area contributed by atoms with Crippen LogP contribution >= 0.6 is 0 Å². The number of nitrogens with zero attached hydrogens (tertiary/aromatic N) is 1. The molecule has 3 unspecified atom stereocenters. The number of aromatic nitrogens is 2. The molecule has 8 N–H and O–H groups in total. The lowest BCUT2D eigenvalue weighted by atomic mass is 10.0. The third-order valence-electron chi connectivity index (χ3n) is 4.19. The number of nitrogens with two attached hydrogens (primary N) is 2. The number of hydrogen-bond donors (Lipinski definition) is 6. The van der Waals surface area contributed by atoms with Gasteiger partial charge in [-0.25, -0.2) is 9.78 Å². The number of hydrogen-bond acceptors (Lipinski definition) is 6. The van der Waals surface area contributed by atoms with Crippen molar-refractivity contribution in [1.29, 1.82) is 0 Å². The van der Waals surface area contributed by atoms with Gasteiger partial charge in [0.05, 0.1) is 12.4 Å². The zero-order valence-electron chi connectivity index (χ0n) is 15.8. The first-order valence-electron chi connectivity index (χ1n) is 9.02. The number of carboxylic acids is 1. The predicted molar refractivity (Wildman–Crippen MR) is 99.5 cm³/mol. The lowest BCUT2D eigenvalue weighted by molar-refractivity contribution is -0.142. The Bertz CT molecular complexity index is 605. The Kier molecular flexibility index (Phi) is 9.45. The highest BCUT2D eigenvalue weighted by Gasteiger charge is 2.28. The van der Waals surface area contributed by atoms with Gasteiger partial charge in [-0.15, -0.1) is 0 Å². The van der Waals surface area contributed by atoms with Gasteiger partial charge in [-0.3, -0.25) is 9.59 Å². The molecule has 0 radical (unpaired) electrons. The summed E-state index contributed by atoms with van der Waals surface area (Å²) in [6.07, 6.45) is 4.62. The van der Waals surface area contributed by atoms with Crippen molar-refractivity contribution >= 4 is 17.8 Å². The van der Waals surface area contributed by atoms with Gasteiger partial charge in [0, 0.05) is 18.3 Å². The van der Waals surface area contributed by atoms with Crippen molar-refractivity contribution in [3.63, 3.8) is 0 Å². The van der Waals surface area contributed by atoms with Crippen LogP contribution in [0, 0.1) is 5.92 Å². The number of aliphatic carboxylic acids is 1. The zero-order chi connectivity index (χ0) is 20.4. The lowest BCUT2D eigenvalue weighted by Crippen LogP contribution is -2.55. The standard InChI is InChI=1S/C17H30N6O4/c1-10(2)14(19)16(25)22-12(5-3-4-6-18)15(24)23-13(17(26)27)7-11-8-20-9-21-11/h8-10,12-14H,3-7,18-19H2,1-2H3,(H,20,21)(H,22,25)(H,23,24)(H,26,27). The molecule has 1 aromatic rings. The van der Waals surface area contributed by atoms with Crippen LogP contribution in [0.4, 0.5) is 0 Å². The molecule has 10 heteroatoms. The largest absolute Gasteiger partial charge is 0.480 e. The smallest absolute Gasteiger partial charge is 0.326 e. The predicted octanol–water partition coefficient (Wildman–Crippen LogP) is -0.881. The van der Waals surface area contributed by atoms with E-state index >= 15 is 0 Å². The molecule has 0 fully saturated rings. The molecule has 1 rings (SSSR count). The topological polar surface area (TPSA) is 176 Å². The van der Waals surface area contributed by atoms with Crippen LogP contribution in [0.25, 0.3) is 0 Å². The summed E-state index contributed by atoms with van der Waals surface area (Å²) in [5.41, 5.74) is 11.9. The van der Waals surface area contributed by atoms with Gasteiger partial charge >= 0.3 is 5.97 Å². The highest BCUT2D eigenvalue weighted by atomic mass is 16.4. The lowest BCUT2D eigenvalue weighted by Gasteiger charge is -2.23. The Morgan fingerprint density at radius 2 is 1.85 bits per heavy atom. The first-order valence-corrected chi connectivity index (χ1v) is 9.02. The average molecular weight is 382 g/mol. The monoisotopic (exact) mass is 382 g/mol. The third kappa shape index (κ3) is 7.75. The Hall–Kier alpha value is -2.46. The molecule has 1 aromatic heterocycles. The maximum absolute atomic E-state index is 12.6. The number of carboxylic acid groups (broad SMARTS) is 1. The second kappa shape index (κ2) is 11.3. The van der Waals surface area contributed by atoms with E-state index < -0.39 is 35.9 Å². The number of carbonyl (C=O) groups excluding carboxylic acids is 2. The summed E-state index contributed by atoms with van der Waals surface area (Å²) >= 11 is 0. The van der Waals surface area contributed by atoms with E-state index in [-0.39, 0.29) is 12.3 Å². The number of unbranched alkanes of at least 4 members (excludes halogenated alkanes) is 1. The molecule has 27 heavy (non-hydrogen) atoms.